The van der Waals surface area contributed by atoms with Crippen LogP contribution in [0.25, 0.3) is 0 Å². The summed E-state index contributed by atoms with van der Waals surface area (Å²) in [6, 6.07) is 3.48. The van der Waals surface area contributed by atoms with E-state index in [4.69, 9.17) is 9.47 Å². The number of rotatable bonds is 6. The average Bonchev–Trinajstić information content (AvgIpc) is 3.09. The molecule has 110 valence electrons. The third-order valence-electron chi connectivity index (χ3n) is 3.92. The number of phenols is 1. The number of likely N-dealkylation sites (tertiary alicyclic amines) is 1. The van der Waals surface area contributed by atoms with Gasteiger partial charge in [0.1, 0.15) is 5.75 Å². The summed E-state index contributed by atoms with van der Waals surface area (Å²) in [6.07, 6.45) is 3.84. The van der Waals surface area contributed by atoms with Gasteiger partial charge in [-0.25, -0.2) is 0 Å². The van der Waals surface area contributed by atoms with Gasteiger partial charge in [0.15, 0.2) is 11.5 Å². The highest BCUT2D eigenvalue weighted by Crippen LogP contribution is 2.37. The lowest BCUT2D eigenvalue weighted by atomic mass is 10.1. The summed E-state index contributed by atoms with van der Waals surface area (Å²) in [6.45, 7) is 5.53. The zero-order chi connectivity index (χ0) is 13.8. The van der Waals surface area contributed by atoms with Gasteiger partial charge in [-0.1, -0.05) is 0 Å². The van der Waals surface area contributed by atoms with Crippen molar-refractivity contribution in [3.05, 3.63) is 17.7 Å². The first-order chi connectivity index (χ1) is 9.83. The minimum Gasteiger partial charge on any atom is -0.507 e. The van der Waals surface area contributed by atoms with Crippen LogP contribution in [0.2, 0.25) is 0 Å². The zero-order valence-electron chi connectivity index (χ0n) is 11.7. The van der Waals surface area contributed by atoms with E-state index < -0.39 is 0 Å². The van der Waals surface area contributed by atoms with Crippen LogP contribution in [0.5, 0.6) is 17.2 Å². The Hall–Kier alpha value is -1.46. The van der Waals surface area contributed by atoms with Gasteiger partial charge >= 0.3 is 0 Å². The molecule has 1 aromatic rings. The maximum Gasteiger partial charge on any atom is 0.231 e. The molecule has 20 heavy (non-hydrogen) atoms. The molecular formula is C15H22N2O3. The van der Waals surface area contributed by atoms with Crippen LogP contribution in [0.3, 0.4) is 0 Å². The molecule has 0 amide bonds. The third kappa shape index (κ3) is 3.16. The largest absolute Gasteiger partial charge is 0.507 e. The normalized spacial score (nSPS) is 17.8. The van der Waals surface area contributed by atoms with Crippen LogP contribution in [0.15, 0.2) is 12.1 Å². The van der Waals surface area contributed by atoms with Crippen molar-refractivity contribution in [2.75, 3.05) is 33.0 Å². The SMILES string of the molecule is Oc1cc2c(cc1CNCCCN1CCCC1)OCO2. The molecule has 5 nitrogen and oxygen atoms in total. The molecule has 1 fully saturated rings. The van der Waals surface area contributed by atoms with Crippen LogP contribution in [-0.2, 0) is 6.54 Å². The van der Waals surface area contributed by atoms with Crippen molar-refractivity contribution in [1.82, 2.24) is 10.2 Å². The predicted octanol–water partition coefficient (Wildman–Crippen LogP) is 1.70. The third-order valence-corrected chi connectivity index (χ3v) is 3.92. The second-order valence-corrected chi connectivity index (χ2v) is 5.41. The van der Waals surface area contributed by atoms with Crippen LogP contribution >= 0.6 is 0 Å². The topological polar surface area (TPSA) is 54.0 Å². The van der Waals surface area contributed by atoms with Gasteiger partial charge in [-0.3, -0.25) is 0 Å². The van der Waals surface area contributed by atoms with Gasteiger partial charge in [0, 0.05) is 18.2 Å². The Morgan fingerprint density at radius 2 is 1.90 bits per heavy atom. The number of aromatic hydroxyl groups is 1. The summed E-state index contributed by atoms with van der Waals surface area (Å²) < 4.78 is 10.5. The molecule has 1 aromatic carbocycles. The van der Waals surface area contributed by atoms with Crippen molar-refractivity contribution >= 4 is 0 Å². The molecule has 0 spiro atoms. The number of phenolic OH excluding ortho intramolecular Hbond substituents is 1. The van der Waals surface area contributed by atoms with Crippen molar-refractivity contribution < 1.29 is 14.6 Å². The van der Waals surface area contributed by atoms with Crippen LogP contribution in [0.1, 0.15) is 24.8 Å². The first-order valence-electron chi connectivity index (χ1n) is 7.37. The Labute approximate surface area is 119 Å². The van der Waals surface area contributed by atoms with Crippen molar-refractivity contribution in [1.29, 1.82) is 0 Å². The fraction of sp³-hybridized carbons (Fsp3) is 0.600. The summed E-state index contributed by atoms with van der Waals surface area (Å²) in [5.74, 6) is 1.61. The summed E-state index contributed by atoms with van der Waals surface area (Å²) >= 11 is 0. The van der Waals surface area contributed by atoms with Gasteiger partial charge in [-0.05, 0) is 51.5 Å². The lowest BCUT2D eigenvalue weighted by Crippen LogP contribution is -2.24. The van der Waals surface area contributed by atoms with E-state index >= 15 is 0 Å². The smallest absolute Gasteiger partial charge is 0.231 e. The molecule has 2 aliphatic rings. The first kappa shape index (κ1) is 13.5. The molecule has 0 atom stereocenters. The van der Waals surface area contributed by atoms with Crippen LogP contribution in [0.4, 0.5) is 0 Å². The minimum absolute atomic E-state index is 0.238. The molecule has 0 saturated carbocycles. The van der Waals surface area contributed by atoms with E-state index in [0.717, 1.165) is 24.3 Å². The summed E-state index contributed by atoms with van der Waals surface area (Å²) in [4.78, 5) is 2.51. The van der Waals surface area contributed by atoms with Crippen LogP contribution in [0, 0.1) is 0 Å². The Morgan fingerprint density at radius 1 is 1.15 bits per heavy atom. The molecule has 5 heteroatoms. The van der Waals surface area contributed by atoms with Crippen molar-refractivity contribution in [2.24, 2.45) is 0 Å². The number of nitrogens with one attached hydrogen (secondary N) is 1. The molecule has 0 aromatic heterocycles. The number of nitrogens with zero attached hydrogens (tertiary/aromatic N) is 1. The van der Waals surface area contributed by atoms with Crippen molar-refractivity contribution in [2.45, 2.75) is 25.8 Å². The monoisotopic (exact) mass is 278 g/mol. The van der Waals surface area contributed by atoms with E-state index in [9.17, 15) is 5.11 Å². The number of ether oxygens (including phenoxy) is 2. The fourth-order valence-corrected chi connectivity index (χ4v) is 2.77. The van der Waals surface area contributed by atoms with Gasteiger partial charge in [-0.15, -0.1) is 0 Å². The molecule has 2 N–H and O–H groups in total. The second kappa shape index (κ2) is 6.33. The average molecular weight is 278 g/mol. The first-order valence-corrected chi connectivity index (χ1v) is 7.37. The molecular weight excluding hydrogens is 256 g/mol. The zero-order valence-corrected chi connectivity index (χ0v) is 11.7. The van der Waals surface area contributed by atoms with E-state index in [1.807, 2.05) is 6.07 Å². The Morgan fingerprint density at radius 3 is 2.70 bits per heavy atom. The number of hydrogen-bond donors (Lipinski definition) is 2. The Kier molecular flexibility index (Phi) is 4.28. The van der Waals surface area contributed by atoms with E-state index in [1.165, 1.54) is 32.5 Å². The van der Waals surface area contributed by atoms with Gasteiger partial charge in [-0.2, -0.15) is 0 Å². The van der Waals surface area contributed by atoms with Gasteiger partial charge in [0.2, 0.25) is 6.79 Å². The van der Waals surface area contributed by atoms with E-state index in [1.54, 1.807) is 6.07 Å². The standard InChI is InChI=1S/C15H22N2O3/c18-13-9-15-14(19-11-20-15)8-12(13)10-16-4-3-7-17-5-1-2-6-17/h8-9,16,18H,1-7,10-11H2. The maximum absolute atomic E-state index is 9.92. The van der Waals surface area contributed by atoms with Crippen molar-refractivity contribution in [3.63, 3.8) is 0 Å². The number of hydrogen-bond acceptors (Lipinski definition) is 5. The molecule has 0 unspecified atom stereocenters. The minimum atomic E-state index is 0.238. The molecule has 2 aliphatic heterocycles. The highest BCUT2D eigenvalue weighted by atomic mass is 16.7. The highest BCUT2D eigenvalue weighted by Gasteiger charge is 2.16. The van der Waals surface area contributed by atoms with Gasteiger partial charge in [0.05, 0.1) is 0 Å². The maximum atomic E-state index is 9.92. The lowest BCUT2D eigenvalue weighted by Gasteiger charge is -2.14. The summed E-state index contributed by atoms with van der Waals surface area (Å²) in [5, 5.41) is 13.3. The van der Waals surface area contributed by atoms with E-state index in [0.29, 0.717) is 12.3 Å². The van der Waals surface area contributed by atoms with Gasteiger partial charge < -0.3 is 24.8 Å². The van der Waals surface area contributed by atoms with Crippen LogP contribution < -0.4 is 14.8 Å². The van der Waals surface area contributed by atoms with Crippen molar-refractivity contribution in [3.8, 4) is 17.2 Å². The summed E-state index contributed by atoms with van der Waals surface area (Å²) in [5.41, 5.74) is 0.857. The Balaban J connectivity index is 1.42. The van der Waals surface area contributed by atoms with Gasteiger partial charge in [0.25, 0.3) is 0 Å². The quantitative estimate of drug-likeness (QED) is 0.776. The van der Waals surface area contributed by atoms with E-state index in [2.05, 4.69) is 10.2 Å². The highest BCUT2D eigenvalue weighted by molar-refractivity contribution is 5.51. The molecule has 2 heterocycles. The fourth-order valence-electron chi connectivity index (χ4n) is 2.77. The molecule has 3 rings (SSSR count). The Bertz CT molecular complexity index is 459. The summed E-state index contributed by atoms with van der Waals surface area (Å²) in [7, 11) is 0. The molecule has 0 radical (unpaired) electrons. The number of benzene rings is 1. The van der Waals surface area contributed by atoms with Crippen LogP contribution in [-0.4, -0.2) is 43.0 Å². The molecule has 0 bridgehead atoms. The predicted molar refractivity (Wildman–Crippen MR) is 76.2 cm³/mol. The lowest BCUT2D eigenvalue weighted by molar-refractivity contribution is 0.174. The number of fused-ring (bicyclic) bond motifs is 1. The van der Waals surface area contributed by atoms with E-state index in [-0.39, 0.29) is 12.5 Å². The molecule has 1 saturated heterocycles. The molecule has 0 aliphatic carbocycles. The second-order valence-electron chi connectivity index (χ2n) is 5.41.